The lowest BCUT2D eigenvalue weighted by Crippen LogP contribution is -2.13. The maximum absolute atomic E-state index is 13.9. The number of benzene rings is 3. The summed E-state index contributed by atoms with van der Waals surface area (Å²) >= 11 is 0. The highest BCUT2D eigenvalue weighted by Gasteiger charge is 2.21. The van der Waals surface area contributed by atoms with Crippen LogP contribution < -0.4 is 4.74 Å². The van der Waals surface area contributed by atoms with Crippen molar-refractivity contribution in [2.75, 3.05) is 0 Å². The van der Waals surface area contributed by atoms with Crippen molar-refractivity contribution in [2.45, 2.75) is 18.4 Å². The van der Waals surface area contributed by atoms with Gasteiger partial charge < -0.3 is 4.74 Å². The fourth-order valence-corrected chi connectivity index (χ4v) is 3.94. The Hall–Kier alpha value is -3.52. The summed E-state index contributed by atoms with van der Waals surface area (Å²) in [7, 11) is -3.91. The van der Waals surface area contributed by atoms with E-state index in [1.54, 1.807) is 12.1 Å². The lowest BCUT2D eigenvalue weighted by Gasteiger charge is -2.10. The predicted molar refractivity (Wildman–Crippen MR) is 110 cm³/mol. The van der Waals surface area contributed by atoms with E-state index >= 15 is 0 Å². The molecule has 0 atom stereocenters. The first-order valence-corrected chi connectivity index (χ1v) is 10.6. The van der Waals surface area contributed by atoms with E-state index in [9.17, 15) is 12.8 Å². The van der Waals surface area contributed by atoms with Crippen molar-refractivity contribution in [2.24, 2.45) is 0 Å². The van der Waals surface area contributed by atoms with Crippen LogP contribution in [-0.2, 0) is 16.6 Å². The van der Waals surface area contributed by atoms with E-state index in [4.69, 9.17) is 4.74 Å². The SMILES string of the molecule is Cc1ccc(S(=O)(=O)n2cc(-c3cc(F)ccc3OCc3ccccc3)nn2)cc1. The topological polar surface area (TPSA) is 74.1 Å². The van der Waals surface area contributed by atoms with Gasteiger partial charge in [-0.25, -0.2) is 4.39 Å². The van der Waals surface area contributed by atoms with Crippen LogP contribution in [0.2, 0.25) is 0 Å². The summed E-state index contributed by atoms with van der Waals surface area (Å²) in [4.78, 5) is 0.0874. The molecule has 0 radical (unpaired) electrons. The van der Waals surface area contributed by atoms with Crippen LogP contribution in [0.5, 0.6) is 5.75 Å². The lowest BCUT2D eigenvalue weighted by molar-refractivity contribution is 0.307. The Bertz CT molecular complexity index is 1270. The molecule has 0 aliphatic heterocycles. The summed E-state index contributed by atoms with van der Waals surface area (Å²) in [6.07, 6.45) is 1.25. The van der Waals surface area contributed by atoms with Crippen LogP contribution in [0.1, 0.15) is 11.1 Å². The van der Waals surface area contributed by atoms with Gasteiger partial charge in [0.1, 0.15) is 23.9 Å². The minimum atomic E-state index is -3.91. The maximum atomic E-state index is 13.9. The second-order valence-electron chi connectivity index (χ2n) is 6.71. The molecule has 152 valence electrons. The first-order chi connectivity index (χ1) is 14.4. The molecule has 4 rings (SSSR count). The Morgan fingerprint density at radius 3 is 2.47 bits per heavy atom. The first kappa shape index (κ1) is 19.8. The molecule has 4 aromatic rings. The van der Waals surface area contributed by atoms with Crippen LogP contribution in [0.3, 0.4) is 0 Å². The van der Waals surface area contributed by atoms with Crippen molar-refractivity contribution >= 4 is 10.0 Å². The highest BCUT2D eigenvalue weighted by Crippen LogP contribution is 2.30. The third kappa shape index (κ3) is 4.08. The van der Waals surface area contributed by atoms with Crippen molar-refractivity contribution in [3.05, 3.63) is 95.9 Å². The minimum Gasteiger partial charge on any atom is -0.488 e. The molecule has 1 aromatic heterocycles. The van der Waals surface area contributed by atoms with Gasteiger partial charge in [-0.05, 0) is 42.8 Å². The summed E-state index contributed by atoms with van der Waals surface area (Å²) < 4.78 is 46.1. The molecule has 8 heteroatoms. The largest absolute Gasteiger partial charge is 0.488 e. The highest BCUT2D eigenvalue weighted by molar-refractivity contribution is 7.89. The molecule has 0 saturated heterocycles. The van der Waals surface area contributed by atoms with E-state index in [0.717, 1.165) is 15.2 Å². The molecule has 0 saturated carbocycles. The van der Waals surface area contributed by atoms with E-state index in [0.29, 0.717) is 11.3 Å². The number of ether oxygens (including phenoxy) is 1. The minimum absolute atomic E-state index is 0.0874. The van der Waals surface area contributed by atoms with Gasteiger partial charge in [-0.2, -0.15) is 8.42 Å². The summed E-state index contributed by atoms with van der Waals surface area (Å²) in [5.74, 6) is -0.118. The van der Waals surface area contributed by atoms with Crippen LogP contribution in [0, 0.1) is 12.7 Å². The molecule has 0 aliphatic carbocycles. The van der Waals surface area contributed by atoms with Crippen molar-refractivity contribution in [3.8, 4) is 17.0 Å². The highest BCUT2D eigenvalue weighted by atomic mass is 32.2. The molecule has 6 nitrogen and oxygen atoms in total. The quantitative estimate of drug-likeness (QED) is 0.465. The molecule has 3 aromatic carbocycles. The van der Waals surface area contributed by atoms with Gasteiger partial charge in [0.2, 0.25) is 0 Å². The molecular formula is C22H18FN3O3S. The molecule has 0 fully saturated rings. The Balaban J connectivity index is 1.66. The van der Waals surface area contributed by atoms with Crippen LogP contribution in [0.15, 0.2) is 83.9 Å². The average molecular weight is 423 g/mol. The van der Waals surface area contributed by atoms with Gasteiger partial charge in [0.15, 0.2) is 0 Å². The predicted octanol–water partition coefficient (Wildman–Crippen LogP) is 4.21. The molecule has 0 aliphatic rings. The average Bonchev–Trinajstić information content (AvgIpc) is 3.25. The maximum Gasteiger partial charge on any atom is 0.284 e. The van der Waals surface area contributed by atoms with Crippen molar-refractivity contribution in [1.82, 2.24) is 14.4 Å². The summed E-state index contributed by atoms with van der Waals surface area (Å²) in [5.41, 5.74) is 2.39. The third-order valence-corrected chi connectivity index (χ3v) is 6.03. The molecule has 0 bridgehead atoms. The van der Waals surface area contributed by atoms with Crippen molar-refractivity contribution < 1.29 is 17.5 Å². The molecule has 0 N–H and O–H groups in total. The molecule has 0 unspecified atom stereocenters. The van der Waals surface area contributed by atoms with E-state index in [-0.39, 0.29) is 17.2 Å². The Morgan fingerprint density at radius 2 is 1.73 bits per heavy atom. The monoisotopic (exact) mass is 423 g/mol. The van der Waals surface area contributed by atoms with Gasteiger partial charge in [-0.3, -0.25) is 0 Å². The first-order valence-electron chi connectivity index (χ1n) is 9.15. The van der Waals surface area contributed by atoms with Gasteiger partial charge in [0.25, 0.3) is 10.0 Å². The van der Waals surface area contributed by atoms with E-state index in [1.807, 2.05) is 37.3 Å². The zero-order chi connectivity index (χ0) is 21.1. The van der Waals surface area contributed by atoms with Crippen LogP contribution in [0.25, 0.3) is 11.3 Å². The lowest BCUT2D eigenvalue weighted by atomic mass is 10.1. The summed E-state index contributed by atoms with van der Waals surface area (Å²) in [6, 6.07) is 19.9. The molecule has 0 amide bonds. The van der Waals surface area contributed by atoms with Crippen LogP contribution >= 0.6 is 0 Å². The van der Waals surface area contributed by atoms with Gasteiger partial charge >= 0.3 is 0 Å². The Labute approximate surface area is 173 Å². The fraction of sp³-hybridized carbons (Fsp3) is 0.0909. The van der Waals surface area contributed by atoms with Crippen molar-refractivity contribution in [3.63, 3.8) is 0 Å². The standard InChI is InChI=1S/C22H18FN3O3S/c1-16-7-10-19(11-8-16)30(27,28)26-14-21(24-25-26)20-13-18(23)9-12-22(20)29-15-17-5-3-2-4-6-17/h2-14H,15H2,1H3. The molecule has 1 heterocycles. The second-order valence-corrected chi connectivity index (χ2v) is 8.50. The zero-order valence-corrected chi connectivity index (χ0v) is 16.9. The Morgan fingerprint density at radius 1 is 1.00 bits per heavy atom. The van der Waals surface area contributed by atoms with E-state index in [1.165, 1.54) is 36.5 Å². The molecule has 0 spiro atoms. The smallest absolute Gasteiger partial charge is 0.284 e. The fourth-order valence-electron chi connectivity index (χ4n) is 2.87. The summed E-state index contributed by atoms with van der Waals surface area (Å²) in [5, 5.41) is 7.69. The summed E-state index contributed by atoms with van der Waals surface area (Å²) in [6.45, 7) is 2.14. The van der Waals surface area contributed by atoms with E-state index in [2.05, 4.69) is 10.3 Å². The number of nitrogens with zero attached hydrogens (tertiary/aromatic N) is 3. The van der Waals surface area contributed by atoms with Crippen molar-refractivity contribution in [1.29, 1.82) is 0 Å². The molecule has 30 heavy (non-hydrogen) atoms. The zero-order valence-electron chi connectivity index (χ0n) is 16.1. The number of halogens is 1. The second kappa shape index (κ2) is 8.08. The number of hydrogen-bond donors (Lipinski definition) is 0. The van der Waals surface area contributed by atoms with Crippen LogP contribution in [-0.4, -0.2) is 22.8 Å². The number of hydrogen-bond acceptors (Lipinski definition) is 5. The van der Waals surface area contributed by atoms with Gasteiger partial charge in [-0.15, -0.1) is 9.19 Å². The Kier molecular flexibility index (Phi) is 5.33. The third-order valence-electron chi connectivity index (χ3n) is 4.49. The number of aryl methyl sites for hydroxylation is 1. The van der Waals surface area contributed by atoms with Gasteiger partial charge in [0, 0.05) is 5.56 Å². The van der Waals surface area contributed by atoms with Crippen LogP contribution in [0.4, 0.5) is 4.39 Å². The number of aromatic nitrogens is 3. The molecular weight excluding hydrogens is 405 g/mol. The van der Waals surface area contributed by atoms with Gasteiger partial charge in [-0.1, -0.05) is 53.2 Å². The van der Waals surface area contributed by atoms with E-state index < -0.39 is 15.8 Å². The van der Waals surface area contributed by atoms with Gasteiger partial charge in [0.05, 0.1) is 11.1 Å². The normalized spacial score (nSPS) is 11.4. The number of rotatable bonds is 6.